The number of hydrogen-bond donors (Lipinski definition) is 4. The molecule has 1 heterocycles. The summed E-state index contributed by atoms with van der Waals surface area (Å²) >= 11 is 0. The molecule has 0 aliphatic carbocycles. The molecule has 9 nitrogen and oxygen atoms in total. The van der Waals surface area contributed by atoms with E-state index in [4.69, 9.17) is 13.8 Å². The summed E-state index contributed by atoms with van der Waals surface area (Å²) in [5, 5.41) is 38.6. The molecule has 0 bridgehead atoms. The smallest absolute Gasteiger partial charge is 0.270 e. The molecule has 216 valence electrons. The molecule has 0 amide bonds. The fraction of sp³-hybridized carbons (Fsp3) is 1.00. The molecule has 1 aliphatic heterocycles. The first-order valence-electron chi connectivity index (χ1n) is 13.8. The van der Waals surface area contributed by atoms with E-state index in [1.807, 2.05) is 0 Å². The molecule has 1 aliphatic rings. The van der Waals surface area contributed by atoms with Crippen LogP contribution >= 0.6 is 7.82 Å². The summed E-state index contributed by atoms with van der Waals surface area (Å²) in [6, 6.07) is 0. The van der Waals surface area contributed by atoms with E-state index in [0.29, 0.717) is 12.3 Å². The van der Waals surface area contributed by atoms with Gasteiger partial charge in [0.05, 0.1) is 13.2 Å². The lowest BCUT2D eigenvalue weighted by molar-refractivity contribution is -0.304. The van der Waals surface area contributed by atoms with Crippen molar-refractivity contribution in [3.8, 4) is 0 Å². The van der Waals surface area contributed by atoms with Crippen LogP contribution in [0.2, 0.25) is 0 Å². The van der Waals surface area contributed by atoms with E-state index in [1.165, 1.54) is 38.5 Å². The molecule has 4 N–H and O–H groups in total. The maximum Gasteiger partial charge on any atom is 0.270 e. The van der Waals surface area contributed by atoms with Crippen LogP contribution < -0.4 is 4.89 Å². The van der Waals surface area contributed by atoms with Crippen LogP contribution in [0.1, 0.15) is 98.8 Å². The zero-order valence-electron chi connectivity index (χ0n) is 23.0. The quantitative estimate of drug-likeness (QED) is 0.180. The van der Waals surface area contributed by atoms with Crippen LogP contribution in [-0.2, 0) is 18.3 Å². The van der Waals surface area contributed by atoms with Crippen LogP contribution in [0.3, 0.4) is 0 Å². The predicted octanol–water partition coefficient (Wildman–Crippen LogP) is 3.75. The number of aliphatic hydroxyl groups is 4. The van der Waals surface area contributed by atoms with Crippen molar-refractivity contribution < 1.29 is 43.7 Å². The number of hydrogen-bond acceptors (Lipinski definition) is 9. The Morgan fingerprint density at radius 2 is 1.25 bits per heavy atom. The molecule has 0 spiro atoms. The molecule has 0 aromatic rings. The highest BCUT2D eigenvalue weighted by atomic mass is 31.2. The molecular formula is C26H52O9P-. The molecule has 1 fully saturated rings. The predicted molar refractivity (Wildman–Crippen MR) is 137 cm³/mol. The van der Waals surface area contributed by atoms with Crippen LogP contribution in [0.15, 0.2) is 0 Å². The minimum absolute atomic E-state index is 0.0659. The lowest BCUT2D eigenvalue weighted by Crippen LogP contribution is -2.59. The average molecular weight is 540 g/mol. The van der Waals surface area contributed by atoms with Gasteiger partial charge in [0.25, 0.3) is 7.82 Å². The zero-order valence-corrected chi connectivity index (χ0v) is 23.9. The van der Waals surface area contributed by atoms with Crippen LogP contribution in [0, 0.1) is 23.7 Å². The molecule has 0 aromatic heterocycles. The Morgan fingerprint density at radius 1 is 0.778 bits per heavy atom. The second-order valence-electron chi connectivity index (χ2n) is 11.4. The van der Waals surface area contributed by atoms with E-state index in [2.05, 4.69) is 34.6 Å². The molecule has 0 aromatic carbocycles. The van der Waals surface area contributed by atoms with E-state index in [0.717, 1.165) is 31.1 Å². The summed E-state index contributed by atoms with van der Waals surface area (Å²) in [6.07, 6.45) is 3.43. The molecule has 9 atom stereocenters. The average Bonchev–Trinajstić information content (AvgIpc) is 2.79. The van der Waals surface area contributed by atoms with Gasteiger partial charge in [-0.25, -0.2) is 0 Å². The van der Waals surface area contributed by atoms with Gasteiger partial charge in [-0.1, -0.05) is 92.4 Å². The number of aliphatic hydroxyl groups excluding tert-OH is 4. The van der Waals surface area contributed by atoms with Crippen molar-refractivity contribution in [2.75, 3.05) is 13.2 Å². The van der Waals surface area contributed by atoms with Crippen molar-refractivity contribution in [3.05, 3.63) is 0 Å². The maximum atomic E-state index is 12.1. The summed E-state index contributed by atoms with van der Waals surface area (Å²) in [6.45, 7) is 10.6. The van der Waals surface area contributed by atoms with Gasteiger partial charge in [-0.3, -0.25) is 9.09 Å². The summed E-state index contributed by atoms with van der Waals surface area (Å²) in [5.74, 6) is 2.56. The minimum atomic E-state index is -4.82. The third kappa shape index (κ3) is 13.6. The second-order valence-corrected chi connectivity index (χ2v) is 12.7. The van der Waals surface area contributed by atoms with Gasteiger partial charge in [0, 0.05) is 0 Å². The van der Waals surface area contributed by atoms with Crippen LogP contribution in [0.5, 0.6) is 0 Å². The molecule has 10 heteroatoms. The van der Waals surface area contributed by atoms with Crippen molar-refractivity contribution in [3.63, 3.8) is 0 Å². The molecule has 0 radical (unpaired) electrons. The fourth-order valence-electron chi connectivity index (χ4n) is 4.61. The Kier molecular flexibility index (Phi) is 16.5. The van der Waals surface area contributed by atoms with Crippen molar-refractivity contribution in [1.82, 2.24) is 0 Å². The molecule has 36 heavy (non-hydrogen) atoms. The van der Waals surface area contributed by atoms with Gasteiger partial charge in [0.1, 0.15) is 24.4 Å². The number of phosphoric acid groups is 1. The Balaban J connectivity index is 2.19. The van der Waals surface area contributed by atoms with Gasteiger partial charge in [0.15, 0.2) is 6.29 Å². The largest absolute Gasteiger partial charge is 0.756 e. The van der Waals surface area contributed by atoms with Crippen molar-refractivity contribution >= 4 is 7.82 Å². The second kappa shape index (κ2) is 17.5. The highest BCUT2D eigenvalue weighted by Crippen LogP contribution is 2.42. The van der Waals surface area contributed by atoms with Gasteiger partial charge < -0.3 is 34.6 Å². The van der Waals surface area contributed by atoms with Crippen LogP contribution in [0.4, 0.5) is 0 Å². The van der Waals surface area contributed by atoms with E-state index < -0.39 is 45.1 Å². The summed E-state index contributed by atoms with van der Waals surface area (Å²) < 4.78 is 26.8. The van der Waals surface area contributed by atoms with Gasteiger partial charge in [-0.05, 0) is 30.1 Å². The van der Waals surface area contributed by atoms with Crippen LogP contribution in [-0.4, -0.2) is 64.3 Å². The van der Waals surface area contributed by atoms with E-state index in [1.54, 1.807) is 0 Å². The molecule has 4 unspecified atom stereocenters. The highest BCUT2D eigenvalue weighted by Gasteiger charge is 2.45. The maximum absolute atomic E-state index is 12.1. The number of rotatable bonds is 19. The van der Waals surface area contributed by atoms with Crippen molar-refractivity contribution in [2.24, 2.45) is 23.7 Å². The van der Waals surface area contributed by atoms with Gasteiger partial charge >= 0.3 is 0 Å². The third-order valence-electron chi connectivity index (χ3n) is 7.21. The molecule has 1 saturated heterocycles. The fourth-order valence-corrected chi connectivity index (χ4v) is 5.43. The Morgan fingerprint density at radius 3 is 1.72 bits per heavy atom. The summed E-state index contributed by atoms with van der Waals surface area (Å²) in [4.78, 5) is 12.1. The van der Waals surface area contributed by atoms with Crippen LogP contribution in [0.25, 0.3) is 0 Å². The number of ether oxygens (including phenoxy) is 1. The molecular weight excluding hydrogens is 487 g/mol. The highest BCUT2D eigenvalue weighted by molar-refractivity contribution is 7.45. The van der Waals surface area contributed by atoms with E-state index in [-0.39, 0.29) is 12.5 Å². The monoisotopic (exact) mass is 539 g/mol. The number of phosphoric ester groups is 1. The Bertz CT molecular complexity index is 618. The van der Waals surface area contributed by atoms with E-state index >= 15 is 0 Å². The summed E-state index contributed by atoms with van der Waals surface area (Å²) in [5.41, 5.74) is 0. The first-order chi connectivity index (χ1) is 16.9. The van der Waals surface area contributed by atoms with Gasteiger partial charge in [-0.15, -0.1) is 0 Å². The van der Waals surface area contributed by atoms with Crippen molar-refractivity contribution in [1.29, 1.82) is 0 Å². The lowest BCUT2D eigenvalue weighted by atomic mass is 9.91. The normalized spacial score (nSPS) is 29.1. The minimum Gasteiger partial charge on any atom is -0.756 e. The lowest BCUT2D eigenvalue weighted by Gasteiger charge is -2.41. The van der Waals surface area contributed by atoms with Gasteiger partial charge in [0.2, 0.25) is 0 Å². The third-order valence-corrected chi connectivity index (χ3v) is 8.17. The van der Waals surface area contributed by atoms with Gasteiger partial charge in [-0.2, -0.15) is 0 Å². The van der Waals surface area contributed by atoms with Crippen molar-refractivity contribution in [2.45, 2.75) is 130 Å². The SMILES string of the molecule is CC(C)CCCC(C)CCCC(C)CCCC(C)CCOP(=O)([O-])O[C@@H]1O[C@H](CO)[C@@H](O)[C@H](O)[C@@H]1O. The molecule has 1 rings (SSSR count). The zero-order chi connectivity index (χ0) is 27.3. The Labute approximate surface area is 218 Å². The topological polar surface area (TPSA) is 149 Å². The molecule has 0 saturated carbocycles. The standard InChI is InChI=1S/C26H53O9P/c1-18(2)9-6-10-19(3)11-7-12-20(4)13-8-14-21(5)15-16-33-36(31,32)35-26-25(30)24(29)23(28)22(17-27)34-26/h18-30H,6-17H2,1-5H3,(H,31,32)/p-1/t19?,20?,21?,22-,23-,24+,25+,26+/m1/s1. The Hall–Kier alpha value is -0.0900. The van der Waals surface area contributed by atoms with E-state index in [9.17, 15) is 29.9 Å². The first kappa shape index (κ1) is 33.9. The first-order valence-corrected chi connectivity index (χ1v) is 15.3. The summed E-state index contributed by atoms with van der Waals surface area (Å²) in [7, 11) is -4.82.